The average molecular weight is 338 g/mol. The summed E-state index contributed by atoms with van der Waals surface area (Å²) < 4.78 is 0.920. The fraction of sp³-hybridized carbons (Fsp3) is 0.267. The van der Waals surface area contributed by atoms with Crippen LogP contribution in [-0.2, 0) is 0 Å². The normalized spacial score (nSPS) is 12.1. The van der Waals surface area contributed by atoms with Gasteiger partial charge in [-0.25, -0.2) is 0 Å². The van der Waals surface area contributed by atoms with Crippen molar-refractivity contribution < 1.29 is 4.79 Å². The second-order valence-corrected chi connectivity index (χ2v) is 6.24. The second kappa shape index (κ2) is 6.87. The number of hydrogen-bond donors (Lipinski definition) is 1. The van der Waals surface area contributed by atoms with Crippen LogP contribution in [0.4, 0.5) is 0 Å². The number of nitrogens with one attached hydrogen (secondary N) is 1. The highest BCUT2D eigenvalue weighted by Crippen LogP contribution is 2.24. The molecule has 0 aliphatic heterocycles. The molecule has 0 aliphatic rings. The predicted molar refractivity (Wildman–Crippen MR) is 83.6 cm³/mol. The highest BCUT2D eigenvalue weighted by molar-refractivity contribution is 9.10. The van der Waals surface area contributed by atoms with Crippen molar-refractivity contribution in [3.8, 4) is 0 Å². The van der Waals surface area contributed by atoms with Crippen molar-refractivity contribution >= 4 is 33.2 Å². The number of carbonyl (C=O) groups excluding carboxylic acids is 1. The van der Waals surface area contributed by atoms with Gasteiger partial charge in [-0.15, -0.1) is 11.3 Å². The standard InChI is InChI=1S/C15H16BrNOS/c1-2-5-13(14-8-4-9-19-14)17-15(18)11-6-3-7-12(16)10-11/h3-4,6-10,13H,2,5H2,1H3,(H,17,18). The number of thiophene rings is 1. The molecule has 0 spiro atoms. The van der Waals surface area contributed by atoms with Gasteiger partial charge < -0.3 is 5.32 Å². The van der Waals surface area contributed by atoms with Crippen LogP contribution in [0.25, 0.3) is 0 Å². The number of amides is 1. The van der Waals surface area contributed by atoms with E-state index >= 15 is 0 Å². The number of hydrogen-bond acceptors (Lipinski definition) is 2. The van der Waals surface area contributed by atoms with E-state index in [0.717, 1.165) is 17.3 Å². The largest absolute Gasteiger partial charge is 0.344 e. The first-order valence-corrected chi connectivity index (χ1v) is 7.97. The van der Waals surface area contributed by atoms with E-state index in [4.69, 9.17) is 0 Å². The lowest BCUT2D eigenvalue weighted by atomic mass is 10.1. The monoisotopic (exact) mass is 337 g/mol. The summed E-state index contributed by atoms with van der Waals surface area (Å²) in [5.41, 5.74) is 0.687. The van der Waals surface area contributed by atoms with Crippen molar-refractivity contribution in [1.29, 1.82) is 0 Å². The Labute approximate surface area is 126 Å². The van der Waals surface area contributed by atoms with Gasteiger partial charge in [0, 0.05) is 14.9 Å². The maximum atomic E-state index is 12.3. The molecule has 2 rings (SSSR count). The van der Waals surface area contributed by atoms with Crippen molar-refractivity contribution in [3.05, 3.63) is 56.7 Å². The topological polar surface area (TPSA) is 29.1 Å². The van der Waals surface area contributed by atoms with Crippen LogP contribution in [0, 0.1) is 0 Å². The minimum absolute atomic E-state index is 0.0202. The van der Waals surface area contributed by atoms with Crippen molar-refractivity contribution in [2.24, 2.45) is 0 Å². The minimum Gasteiger partial charge on any atom is -0.344 e. The molecule has 2 nitrogen and oxygen atoms in total. The van der Waals surface area contributed by atoms with Crippen LogP contribution in [0.5, 0.6) is 0 Å². The molecule has 0 bridgehead atoms. The quantitative estimate of drug-likeness (QED) is 0.835. The molecule has 1 aromatic heterocycles. The molecule has 0 radical (unpaired) electrons. The molecule has 1 aromatic carbocycles. The average Bonchev–Trinajstić information content (AvgIpc) is 2.92. The van der Waals surface area contributed by atoms with E-state index in [1.807, 2.05) is 35.7 Å². The van der Waals surface area contributed by atoms with Crippen LogP contribution in [0.3, 0.4) is 0 Å². The first-order valence-electron chi connectivity index (χ1n) is 6.30. The van der Waals surface area contributed by atoms with Gasteiger partial charge in [0.2, 0.25) is 0 Å². The van der Waals surface area contributed by atoms with E-state index in [2.05, 4.69) is 34.2 Å². The third-order valence-electron chi connectivity index (χ3n) is 2.86. The highest BCUT2D eigenvalue weighted by atomic mass is 79.9. The third-order valence-corrected chi connectivity index (χ3v) is 4.34. The van der Waals surface area contributed by atoms with E-state index < -0.39 is 0 Å². The summed E-state index contributed by atoms with van der Waals surface area (Å²) in [6, 6.07) is 11.7. The molecule has 0 saturated heterocycles. The zero-order valence-corrected chi connectivity index (χ0v) is 13.1. The Morgan fingerprint density at radius 1 is 1.37 bits per heavy atom. The van der Waals surface area contributed by atoms with Gasteiger partial charge in [0.25, 0.3) is 5.91 Å². The Bertz CT molecular complexity index is 539. The van der Waals surface area contributed by atoms with E-state index in [1.165, 1.54) is 4.88 Å². The summed E-state index contributed by atoms with van der Waals surface area (Å²) in [6.07, 6.45) is 2.00. The Morgan fingerprint density at radius 2 is 2.21 bits per heavy atom. The van der Waals surface area contributed by atoms with Crippen LogP contribution >= 0.6 is 27.3 Å². The smallest absolute Gasteiger partial charge is 0.251 e. The summed E-state index contributed by atoms with van der Waals surface area (Å²) in [5.74, 6) is -0.0202. The second-order valence-electron chi connectivity index (χ2n) is 4.34. The first-order chi connectivity index (χ1) is 9.20. The van der Waals surface area contributed by atoms with Crippen LogP contribution < -0.4 is 5.32 Å². The SMILES string of the molecule is CCCC(NC(=O)c1cccc(Br)c1)c1cccs1. The summed E-state index contributed by atoms with van der Waals surface area (Å²) in [4.78, 5) is 13.5. The van der Waals surface area contributed by atoms with Gasteiger partial charge in [-0.3, -0.25) is 4.79 Å². The van der Waals surface area contributed by atoms with Crippen molar-refractivity contribution in [3.63, 3.8) is 0 Å². The molecule has 100 valence electrons. The molecule has 0 fully saturated rings. The molecular formula is C15H16BrNOS. The third kappa shape index (κ3) is 3.91. The molecule has 1 amide bonds. The van der Waals surface area contributed by atoms with Crippen LogP contribution in [-0.4, -0.2) is 5.91 Å². The molecule has 19 heavy (non-hydrogen) atoms. The van der Waals surface area contributed by atoms with Crippen LogP contribution in [0.1, 0.15) is 41.0 Å². The Morgan fingerprint density at radius 3 is 2.84 bits per heavy atom. The summed E-state index contributed by atoms with van der Waals surface area (Å²) in [6.45, 7) is 2.13. The molecule has 1 atom stereocenters. The van der Waals surface area contributed by atoms with Gasteiger partial charge >= 0.3 is 0 Å². The van der Waals surface area contributed by atoms with Crippen molar-refractivity contribution in [2.75, 3.05) is 0 Å². The van der Waals surface area contributed by atoms with Gasteiger partial charge in [-0.2, -0.15) is 0 Å². The summed E-state index contributed by atoms with van der Waals surface area (Å²) in [7, 11) is 0. The minimum atomic E-state index is -0.0202. The number of carbonyl (C=O) groups is 1. The molecule has 1 heterocycles. The molecule has 0 saturated carbocycles. The molecule has 4 heteroatoms. The maximum absolute atomic E-state index is 12.3. The van der Waals surface area contributed by atoms with Gasteiger partial charge in [-0.1, -0.05) is 41.4 Å². The molecule has 1 unspecified atom stereocenters. The molecule has 1 N–H and O–H groups in total. The number of halogens is 1. The lowest BCUT2D eigenvalue weighted by Gasteiger charge is -2.16. The highest BCUT2D eigenvalue weighted by Gasteiger charge is 2.15. The Kier molecular flexibility index (Phi) is 5.16. The van der Waals surface area contributed by atoms with Gasteiger partial charge in [0.1, 0.15) is 0 Å². The van der Waals surface area contributed by atoms with E-state index in [1.54, 1.807) is 11.3 Å². The van der Waals surface area contributed by atoms with E-state index in [9.17, 15) is 4.79 Å². The van der Waals surface area contributed by atoms with Crippen LogP contribution in [0.2, 0.25) is 0 Å². The van der Waals surface area contributed by atoms with Crippen molar-refractivity contribution in [1.82, 2.24) is 5.32 Å². The van der Waals surface area contributed by atoms with Crippen molar-refractivity contribution in [2.45, 2.75) is 25.8 Å². The Hall–Kier alpha value is -1.13. The van der Waals surface area contributed by atoms with E-state index in [0.29, 0.717) is 5.56 Å². The fourth-order valence-corrected chi connectivity index (χ4v) is 3.15. The fourth-order valence-electron chi connectivity index (χ4n) is 1.94. The number of benzene rings is 1. The van der Waals surface area contributed by atoms with Gasteiger partial charge in [-0.05, 0) is 36.1 Å². The summed E-state index contributed by atoms with van der Waals surface area (Å²) in [5, 5.41) is 5.16. The molecular weight excluding hydrogens is 322 g/mol. The van der Waals surface area contributed by atoms with Gasteiger partial charge in [0.05, 0.1) is 6.04 Å². The molecule has 2 aromatic rings. The molecule has 0 aliphatic carbocycles. The van der Waals surface area contributed by atoms with Gasteiger partial charge in [0.15, 0.2) is 0 Å². The zero-order valence-electron chi connectivity index (χ0n) is 10.7. The Balaban J connectivity index is 2.11. The lowest BCUT2D eigenvalue weighted by molar-refractivity contribution is 0.0935. The number of rotatable bonds is 5. The predicted octanol–water partition coefficient (Wildman–Crippen LogP) is 4.78. The summed E-state index contributed by atoms with van der Waals surface area (Å²) >= 11 is 5.08. The lowest BCUT2D eigenvalue weighted by Crippen LogP contribution is -2.27. The first kappa shape index (κ1) is 14.3. The van der Waals surface area contributed by atoms with E-state index in [-0.39, 0.29) is 11.9 Å². The van der Waals surface area contributed by atoms with Crippen LogP contribution in [0.15, 0.2) is 46.3 Å². The maximum Gasteiger partial charge on any atom is 0.251 e. The zero-order chi connectivity index (χ0) is 13.7.